The quantitative estimate of drug-likeness (QED) is 0.198. The molecule has 0 radical (unpaired) electrons. The molecular formula is C31H42IN7O3. The van der Waals surface area contributed by atoms with Crippen LogP contribution < -0.4 is 5.73 Å². The van der Waals surface area contributed by atoms with E-state index in [1.165, 1.54) is 11.9 Å². The van der Waals surface area contributed by atoms with Gasteiger partial charge in [0, 0.05) is 34.8 Å². The molecule has 1 aromatic carbocycles. The van der Waals surface area contributed by atoms with Crippen LogP contribution in [0.25, 0.3) is 22.1 Å². The van der Waals surface area contributed by atoms with E-state index in [0.717, 1.165) is 51.5 Å². The van der Waals surface area contributed by atoms with Gasteiger partial charge in [-0.25, -0.2) is 15.0 Å². The topological polar surface area (TPSA) is 138 Å². The second-order valence-electron chi connectivity index (χ2n) is 13.4. The maximum Gasteiger partial charge on any atom is 0.164 e. The monoisotopic (exact) mass is 687 g/mol. The number of benzene rings is 1. The number of nitrogen functional groups attached to an aromatic ring is 1. The van der Waals surface area contributed by atoms with Crippen molar-refractivity contribution in [3.05, 3.63) is 45.7 Å². The smallest absolute Gasteiger partial charge is 0.164 e. The molecule has 6 rings (SSSR count). The highest BCUT2D eigenvalue weighted by molar-refractivity contribution is 14.1. The number of imidazole rings is 1. The number of aromatic nitrogens is 5. The second kappa shape index (κ2) is 11.3. The van der Waals surface area contributed by atoms with Gasteiger partial charge >= 0.3 is 0 Å². The normalized spacial score (nSPS) is 26.6. The largest absolute Gasteiger partial charge is 0.387 e. The summed E-state index contributed by atoms with van der Waals surface area (Å²) in [5, 5.41) is 22.8. The number of aryl methyl sites for hydroxylation is 1. The second-order valence-corrected chi connectivity index (χ2v) is 14.5. The first-order valence-corrected chi connectivity index (χ1v) is 16.0. The molecule has 3 aromatic heterocycles. The molecule has 10 nitrogen and oxygen atoms in total. The number of ether oxygens (including phenoxy) is 1. The third-order valence-electron chi connectivity index (χ3n) is 9.13. The molecule has 4 atom stereocenters. The highest BCUT2D eigenvalue weighted by Gasteiger charge is 2.46. The zero-order valence-corrected chi connectivity index (χ0v) is 27.1. The number of anilines is 1. The third kappa shape index (κ3) is 5.54. The molecule has 0 spiro atoms. The first-order valence-electron chi connectivity index (χ1n) is 14.9. The maximum absolute atomic E-state index is 11.0. The number of aromatic amines is 1. The zero-order valence-electron chi connectivity index (χ0n) is 25.0. The molecule has 226 valence electrons. The summed E-state index contributed by atoms with van der Waals surface area (Å²) in [5.74, 6) is 2.08. The van der Waals surface area contributed by atoms with E-state index < -0.39 is 24.5 Å². The number of aliphatic hydroxyl groups is 2. The fraction of sp³-hybridized carbons (Fsp3) is 0.581. The van der Waals surface area contributed by atoms with Crippen LogP contribution in [0, 0.1) is 9.49 Å². The van der Waals surface area contributed by atoms with Crippen molar-refractivity contribution in [1.82, 2.24) is 29.4 Å². The molecule has 11 heteroatoms. The average molecular weight is 688 g/mol. The molecule has 42 heavy (non-hydrogen) atoms. The van der Waals surface area contributed by atoms with Crippen LogP contribution in [0.15, 0.2) is 30.7 Å². The number of hydrogen-bond acceptors (Lipinski definition) is 8. The molecule has 2 fully saturated rings. The van der Waals surface area contributed by atoms with Crippen LogP contribution in [0.5, 0.6) is 0 Å². The number of hydrogen-bond donors (Lipinski definition) is 4. The molecule has 5 N–H and O–H groups in total. The summed E-state index contributed by atoms with van der Waals surface area (Å²) < 4.78 is 8.97. The Labute approximate surface area is 260 Å². The predicted molar refractivity (Wildman–Crippen MR) is 172 cm³/mol. The van der Waals surface area contributed by atoms with Gasteiger partial charge in [0.15, 0.2) is 6.23 Å². The summed E-state index contributed by atoms with van der Waals surface area (Å²) in [6.45, 7) is 11.6. The Morgan fingerprint density at radius 2 is 1.95 bits per heavy atom. The summed E-state index contributed by atoms with van der Waals surface area (Å²) in [4.78, 5) is 19.3. The van der Waals surface area contributed by atoms with E-state index in [2.05, 4.69) is 95.3 Å². The van der Waals surface area contributed by atoms with E-state index in [-0.39, 0.29) is 11.5 Å². The minimum absolute atomic E-state index is 0.105. The van der Waals surface area contributed by atoms with E-state index in [9.17, 15) is 10.2 Å². The van der Waals surface area contributed by atoms with Crippen molar-refractivity contribution in [2.24, 2.45) is 5.92 Å². The van der Waals surface area contributed by atoms with Crippen molar-refractivity contribution in [3.63, 3.8) is 0 Å². The molecule has 4 heterocycles. The molecule has 0 amide bonds. The number of nitrogens with one attached hydrogen (secondary N) is 1. The minimum atomic E-state index is -1.08. The number of H-pyrrole nitrogens is 1. The Hall–Kier alpha value is -2.32. The Morgan fingerprint density at radius 1 is 1.19 bits per heavy atom. The van der Waals surface area contributed by atoms with Gasteiger partial charge in [-0.3, -0.25) is 4.90 Å². The number of aliphatic hydroxyl groups excluding tert-OH is 2. The summed E-state index contributed by atoms with van der Waals surface area (Å²) in [5.41, 5.74) is 10.2. The highest BCUT2D eigenvalue weighted by Crippen LogP contribution is 2.39. The fourth-order valence-electron chi connectivity index (χ4n) is 6.55. The summed E-state index contributed by atoms with van der Waals surface area (Å²) in [6.07, 6.45) is 4.15. The lowest BCUT2D eigenvalue weighted by Gasteiger charge is -2.46. The average Bonchev–Trinajstić information content (AvgIpc) is 3.55. The number of rotatable bonds is 8. The van der Waals surface area contributed by atoms with Gasteiger partial charge in [-0.05, 0) is 84.7 Å². The highest BCUT2D eigenvalue weighted by atomic mass is 127. The molecule has 0 bridgehead atoms. The number of nitrogens with two attached hydrogens (primary N) is 1. The van der Waals surface area contributed by atoms with Crippen LogP contribution >= 0.6 is 22.6 Å². The number of fused-ring (bicyclic) bond motifs is 2. The van der Waals surface area contributed by atoms with Gasteiger partial charge < -0.3 is 30.2 Å². The zero-order chi connectivity index (χ0) is 29.9. The lowest BCUT2D eigenvalue weighted by Crippen LogP contribution is -2.52. The van der Waals surface area contributed by atoms with Gasteiger partial charge in [-0.1, -0.05) is 26.8 Å². The van der Waals surface area contributed by atoms with Crippen LogP contribution in [0.4, 0.5) is 5.82 Å². The van der Waals surface area contributed by atoms with Crippen molar-refractivity contribution >= 4 is 50.5 Å². The van der Waals surface area contributed by atoms with E-state index >= 15 is 0 Å². The van der Waals surface area contributed by atoms with Crippen molar-refractivity contribution in [2.45, 2.75) is 102 Å². The first-order chi connectivity index (χ1) is 19.9. The first kappa shape index (κ1) is 29.7. The van der Waals surface area contributed by atoms with E-state index in [4.69, 9.17) is 15.5 Å². The third-order valence-corrected chi connectivity index (χ3v) is 9.94. The van der Waals surface area contributed by atoms with Crippen molar-refractivity contribution in [1.29, 1.82) is 0 Å². The molecule has 2 aliphatic rings. The Morgan fingerprint density at radius 3 is 2.67 bits per heavy atom. The summed E-state index contributed by atoms with van der Waals surface area (Å²) in [6, 6.07) is 7.26. The van der Waals surface area contributed by atoms with E-state index in [0.29, 0.717) is 30.0 Å². The summed E-state index contributed by atoms with van der Waals surface area (Å²) >= 11 is 2.18. The predicted octanol–water partition coefficient (Wildman–Crippen LogP) is 4.53. The van der Waals surface area contributed by atoms with Crippen LogP contribution in [0.1, 0.15) is 71.5 Å². The molecule has 1 aliphatic carbocycles. The molecule has 0 unspecified atom stereocenters. The number of nitrogens with zero attached hydrogens (tertiary/aromatic N) is 5. The van der Waals surface area contributed by atoms with Crippen LogP contribution in [0.2, 0.25) is 0 Å². The van der Waals surface area contributed by atoms with E-state index in [1.807, 2.05) is 6.20 Å². The molecule has 1 aliphatic heterocycles. The van der Waals surface area contributed by atoms with Gasteiger partial charge in [-0.2, -0.15) is 0 Å². The fourth-order valence-corrected chi connectivity index (χ4v) is 7.36. The van der Waals surface area contributed by atoms with Crippen LogP contribution in [-0.2, 0) is 16.6 Å². The molecule has 1 saturated heterocycles. The van der Waals surface area contributed by atoms with Gasteiger partial charge in [0.2, 0.25) is 0 Å². The van der Waals surface area contributed by atoms with Gasteiger partial charge in [-0.15, -0.1) is 0 Å². The van der Waals surface area contributed by atoms with Gasteiger partial charge in [0.25, 0.3) is 0 Å². The SMILES string of the molecule is CC(C)N(C[C@H]1O[C@@H](n2cc(I)c3c(N)ncnc32)[C@H](O)[C@@H]1O)C1CC(CCc2nc3cc(C(C)(C)C)ccc3[nH]2)C1. The standard InChI is InChI=1S/C31H42IN7O3/c1-16(2)38(14-23-26(40)27(41)30(42-23)39-13-20(32)25-28(33)34-15-35-29(25)39)19-10-17(11-19)6-9-24-36-21-8-7-18(31(3,4)5)12-22(21)37-24/h7-8,12-13,15-17,19,23,26-27,30,40-41H,6,9-11,14H2,1-5H3,(H,36,37)(H2,33,34,35)/t17?,19?,23-,26-,27-,30-/m1/s1. The molecule has 1 saturated carbocycles. The Bertz CT molecular complexity index is 1570. The summed E-state index contributed by atoms with van der Waals surface area (Å²) in [7, 11) is 0. The Balaban J connectivity index is 1.07. The van der Waals surface area contributed by atoms with Crippen molar-refractivity contribution in [3.8, 4) is 0 Å². The lowest BCUT2D eigenvalue weighted by molar-refractivity contribution is -0.0619. The van der Waals surface area contributed by atoms with Gasteiger partial charge in [0.05, 0.1) is 16.4 Å². The Kier molecular flexibility index (Phi) is 8.01. The van der Waals surface area contributed by atoms with Gasteiger partial charge in [0.1, 0.15) is 41.9 Å². The van der Waals surface area contributed by atoms with Crippen molar-refractivity contribution < 1.29 is 14.9 Å². The van der Waals surface area contributed by atoms with Crippen LogP contribution in [-0.4, -0.2) is 76.6 Å². The van der Waals surface area contributed by atoms with Crippen LogP contribution in [0.3, 0.4) is 0 Å². The van der Waals surface area contributed by atoms with Crippen molar-refractivity contribution in [2.75, 3.05) is 12.3 Å². The lowest BCUT2D eigenvalue weighted by atomic mass is 9.76. The maximum atomic E-state index is 11.0. The number of halogens is 1. The minimum Gasteiger partial charge on any atom is -0.387 e. The molecule has 4 aromatic rings. The molecular weight excluding hydrogens is 645 g/mol. The van der Waals surface area contributed by atoms with E-state index in [1.54, 1.807) is 4.57 Å².